The van der Waals surface area contributed by atoms with Crippen molar-refractivity contribution >= 4 is 29.3 Å². The van der Waals surface area contributed by atoms with Crippen LogP contribution in [0.5, 0.6) is 0 Å². The van der Waals surface area contributed by atoms with Gasteiger partial charge in [-0.3, -0.25) is 14.4 Å². The van der Waals surface area contributed by atoms with Crippen LogP contribution >= 0.6 is 11.6 Å². The van der Waals surface area contributed by atoms with Gasteiger partial charge in [0.2, 0.25) is 0 Å². The largest absolute Gasteiger partial charge is 0.463 e. The van der Waals surface area contributed by atoms with Gasteiger partial charge in [-0.15, -0.1) is 11.6 Å². The first-order chi connectivity index (χ1) is 30.2. The van der Waals surface area contributed by atoms with Crippen LogP contribution < -0.4 is 0 Å². The molecule has 0 amide bonds. The average molecular weight is 932 g/mol. The number of ether oxygens (including phenoxy) is 3. The van der Waals surface area contributed by atoms with Crippen molar-refractivity contribution in [3.63, 3.8) is 0 Å². The smallest absolute Gasteiger partial charge is 0.312 e. The number of carbonyl (C=O) groups is 3. The molecule has 2 aliphatic heterocycles. The molecule has 0 aromatic heterocycles. The van der Waals surface area contributed by atoms with Gasteiger partial charge in [-0.25, -0.2) is 0 Å². The fraction of sp³-hybridized carbons (Fsp3) is 0.860. The first kappa shape index (κ1) is 58.2. The molecule has 0 aromatic rings. The Hall–Kier alpha value is -1.94. The number of allylic oxidation sites excluding steroid dienone is 2. The number of aliphatic hydroxyl groups excluding tert-OH is 7. The van der Waals surface area contributed by atoms with Gasteiger partial charge in [0.15, 0.2) is 5.78 Å². The van der Waals surface area contributed by atoms with Crippen molar-refractivity contribution in [3.05, 3.63) is 23.8 Å². The van der Waals surface area contributed by atoms with Crippen LogP contribution in [0, 0.1) is 35.5 Å². The van der Waals surface area contributed by atoms with E-state index in [1.54, 1.807) is 46.8 Å². The Morgan fingerprint density at radius 2 is 1.39 bits per heavy atom. The SMILES string of the molecule is CCCCCCCCCCCCCCCC(=O)OC[C@H](O)[C@@H](Cl)C[C@@H](C)[C@H](O)[C@H](C)[C@@H](O)/C(C)=C/[C@H](C)C[C@H](O)[C@@H]1O[C@H]2C[C@H]1OC(=O)[C@@H](C)[C@H](O)C(=O)[C@@H](C)[C@H](C)/C=C/[C@H](O)[C@@H]2O. The number of carbonyl (C=O) groups excluding carboxylic acids is 3. The predicted molar refractivity (Wildman–Crippen MR) is 248 cm³/mol. The summed E-state index contributed by atoms with van der Waals surface area (Å²) in [4.78, 5) is 38.5. The van der Waals surface area contributed by atoms with Crippen molar-refractivity contribution in [1.29, 1.82) is 0 Å². The summed E-state index contributed by atoms with van der Waals surface area (Å²) in [5.74, 6) is -5.54. The van der Waals surface area contributed by atoms with Gasteiger partial charge in [0.1, 0.15) is 43.2 Å². The summed E-state index contributed by atoms with van der Waals surface area (Å²) in [7, 11) is 0. The summed E-state index contributed by atoms with van der Waals surface area (Å²) >= 11 is 6.51. The quantitative estimate of drug-likeness (QED) is 0.0193. The molecule has 372 valence electrons. The molecule has 0 aromatic carbocycles. The summed E-state index contributed by atoms with van der Waals surface area (Å²) in [5, 5.41) is 76.2. The molecule has 13 nitrogen and oxygen atoms in total. The zero-order valence-electron chi connectivity index (χ0n) is 40.2. The van der Waals surface area contributed by atoms with Crippen LogP contribution in [0.3, 0.4) is 0 Å². The lowest BCUT2D eigenvalue weighted by Gasteiger charge is -2.31. The van der Waals surface area contributed by atoms with Crippen LogP contribution in [-0.2, 0) is 28.6 Å². The predicted octanol–water partition coefficient (Wildman–Crippen LogP) is 6.90. The summed E-state index contributed by atoms with van der Waals surface area (Å²) in [6.07, 6.45) is 8.92. The first-order valence-electron chi connectivity index (χ1n) is 24.5. The van der Waals surface area contributed by atoms with Crippen molar-refractivity contribution in [2.45, 2.75) is 231 Å². The highest BCUT2D eigenvalue weighted by Gasteiger charge is 2.47. The molecule has 2 rings (SSSR count). The molecule has 1 saturated heterocycles. The zero-order chi connectivity index (χ0) is 48.1. The molecule has 0 unspecified atom stereocenters. The third-order valence-electron chi connectivity index (χ3n) is 13.7. The molecule has 2 bridgehead atoms. The van der Waals surface area contributed by atoms with E-state index in [0.29, 0.717) is 12.0 Å². The maximum atomic E-state index is 13.2. The number of Topliss-reactive ketones (excluding diaryl/α,β-unsaturated/α-hetero) is 1. The highest BCUT2D eigenvalue weighted by Crippen LogP contribution is 2.34. The number of aliphatic hydroxyl groups is 7. The Morgan fingerprint density at radius 3 is 1.97 bits per heavy atom. The van der Waals surface area contributed by atoms with E-state index < -0.39 is 108 Å². The van der Waals surface area contributed by atoms with Gasteiger partial charge in [0.25, 0.3) is 0 Å². The minimum absolute atomic E-state index is 0.0529. The molecule has 17 atom stereocenters. The average Bonchev–Trinajstić information content (AvgIpc) is 3.69. The van der Waals surface area contributed by atoms with Gasteiger partial charge in [-0.05, 0) is 56.4 Å². The second-order valence-corrected chi connectivity index (χ2v) is 20.0. The van der Waals surface area contributed by atoms with Gasteiger partial charge in [-0.2, -0.15) is 0 Å². The Bertz CT molecular complexity index is 1410. The van der Waals surface area contributed by atoms with E-state index in [0.717, 1.165) is 19.3 Å². The van der Waals surface area contributed by atoms with Gasteiger partial charge >= 0.3 is 11.9 Å². The Morgan fingerprint density at radius 1 is 0.828 bits per heavy atom. The molecule has 2 aliphatic rings. The van der Waals surface area contributed by atoms with E-state index in [4.69, 9.17) is 25.8 Å². The zero-order valence-corrected chi connectivity index (χ0v) is 41.0. The van der Waals surface area contributed by atoms with Crippen molar-refractivity contribution in [2.75, 3.05) is 6.61 Å². The number of esters is 2. The van der Waals surface area contributed by atoms with Crippen LogP contribution in [0.4, 0.5) is 0 Å². The molecule has 0 aliphatic carbocycles. The Balaban J connectivity index is 1.86. The van der Waals surface area contributed by atoms with Gasteiger partial charge in [-0.1, -0.05) is 137 Å². The van der Waals surface area contributed by atoms with Crippen molar-refractivity contribution in [1.82, 2.24) is 0 Å². The van der Waals surface area contributed by atoms with E-state index >= 15 is 0 Å². The van der Waals surface area contributed by atoms with Crippen LogP contribution in [-0.4, -0.2) is 126 Å². The maximum absolute atomic E-state index is 13.2. The van der Waals surface area contributed by atoms with E-state index in [1.807, 2.05) is 6.92 Å². The summed E-state index contributed by atoms with van der Waals surface area (Å²) in [5.41, 5.74) is 0.538. The van der Waals surface area contributed by atoms with Crippen molar-refractivity contribution < 1.29 is 64.3 Å². The lowest BCUT2D eigenvalue weighted by molar-refractivity contribution is -0.167. The fourth-order valence-corrected chi connectivity index (χ4v) is 9.23. The molecule has 2 heterocycles. The van der Waals surface area contributed by atoms with Crippen molar-refractivity contribution in [3.8, 4) is 0 Å². The van der Waals surface area contributed by atoms with Gasteiger partial charge < -0.3 is 50.0 Å². The van der Waals surface area contributed by atoms with E-state index in [-0.39, 0.29) is 37.8 Å². The molecule has 0 radical (unpaired) electrons. The number of rotatable bonds is 27. The molecule has 0 saturated carbocycles. The molecule has 14 heteroatoms. The number of unbranched alkanes of at least 4 members (excludes halogenated alkanes) is 12. The summed E-state index contributed by atoms with van der Waals surface area (Å²) < 4.78 is 17.1. The molecule has 7 N–H and O–H groups in total. The molecular weight excluding hydrogens is 844 g/mol. The topological polar surface area (TPSA) is 221 Å². The van der Waals surface area contributed by atoms with Gasteiger partial charge in [0, 0.05) is 24.7 Å². The molecule has 64 heavy (non-hydrogen) atoms. The Labute approximate surface area is 389 Å². The maximum Gasteiger partial charge on any atom is 0.312 e. The minimum Gasteiger partial charge on any atom is -0.463 e. The van der Waals surface area contributed by atoms with Crippen LogP contribution in [0.25, 0.3) is 0 Å². The highest BCUT2D eigenvalue weighted by atomic mass is 35.5. The van der Waals surface area contributed by atoms with Crippen LogP contribution in [0.1, 0.15) is 165 Å². The Kier molecular flexibility index (Phi) is 27.7. The second-order valence-electron chi connectivity index (χ2n) is 19.5. The van der Waals surface area contributed by atoms with E-state index in [9.17, 15) is 50.1 Å². The van der Waals surface area contributed by atoms with Crippen molar-refractivity contribution in [2.24, 2.45) is 35.5 Å². The molecular formula is C50H87ClO13. The van der Waals surface area contributed by atoms with E-state index in [2.05, 4.69) is 6.92 Å². The second kappa shape index (κ2) is 30.4. The first-order valence-corrected chi connectivity index (χ1v) is 25.0. The molecule has 1 fully saturated rings. The minimum atomic E-state index is -1.63. The third-order valence-corrected chi connectivity index (χ3v) is 14.2. The summed E-state index contributed by atoms with van der Waals surface area (Å²) in [6.45, 7) is 13.7. The lowest BCUT2D eigenvalue weighted by Crippen LogP contribution is -2.42. The number of hydrogen-bond acceptors (Lipinski definition) is 13. The van der Waals surface area contributed by atoms with E-state index in [1.165, 1.54) is 77.2 Å². The standard InChI is InChI=1S/C50H87ClO13/c1-9-10-11-12-13-14-15-16-17-18-19-20-21-22-43(55)62-29-40(54)37(51)27-33(5)45(57)35(7)44(56)32(4)25-30(2)26-39(53)49-42-28-41(63-49)48(60)38(52)24-23-31(3)34(6)46(58)47(59)36(8)50(61)64-42/h23-25,30-31,33-42,44-45,47-49,52-54,56-57,59-60H,9-22,26-29H2,1-8H3/b24-23+,32-25+/t30-,31+,33+,34-,35+,36-,37-,38-,39-,40-,41-,42+,44-,45-,47-,48-,49-/m0/s1. The molecule has 0 spiro atoms. The normalized spacial score (nSPS) is 30.3. The number of ketones is 1. The highest BCUT2D eigenvalue weighted by molar-refractivity contribution is 6.21. The number of hydrogen-bond donors (Lipinski definition) is 7. The monoisotopic (exact) mass is 931 g/mol. The number of alkyl halides is 1. The van der Waals surface area contributed by atoms with Crippen LogP contribution in [0.2, 0.25) is 0 Å². The fourth-order valence-electron chi connectivity index (χ4n) is 8.88. The van der Waals surface area contributed by atoms with Gasteiger partial charge in [0.05, 0.1) is 35.7 Å². The number of fused-ring (bicyclic) bond motifs is 2. The lowest BCUT2D eigenvalue weighted by atomic mass is 9.83. The van der Waals surface area contributed by atoms with Crippen LogP contribution in [0.15, 0.2) is 23.8 Å². The third kappa shape index (κ3) is 19.7. The summed E-state index contributed by atoms with van der Waals surface area (Å²) in [6, 6.07) is 0. The number of halogens is 1.